The summed E-state index contributed by atoms with van der Waals surface area (Å²) in [6.07, 6.45) is -6.38. The lowest BCUT2D eigenvalue weighted by Gasteiger charge is -2.49. The summed E-state index contributed by atoms with van der Waals surface area (Å²) < 4.78 is 61.3. The van der Waals surface area contributed by atoms with Crippen molar-refractivity contribution in [3.63, 3.8) is 0 Å². The van der Waals surface area contributed by atoms with E-state index in [2.05, 4.69) is 10.9 Å². The van der Waals surface area contributed by atoms with Gasteiger partial charge in [-0.1, -0.05) is 20.8 Å². The molecule has 0 aliphatic carbocycles. The first-order valence-electron chi connectivity index (χ1n) is 23.4. The van der Waals surface area contributed by atoms with Crippen molar-refractivity contribution in [2.24, 2.45) is 17.8 Å². The largest absolute Gasteiger partial charge is 0.509 e. The van der Waals surface area contributed by atoms with Crippen LogP contribution in [0.3, 0.4) is 0 Å². The third-order valence-electron chi connectivity index (χ3n) is 14.1. The third-order valence-corrected chi connectivity index (χ3v) is 14.1. The van der Waals surface area contributed by atoms with E-state index in [-0.39, 0.29) is 37.3 Å². The van der Waals surface area contributed by atoms with E-state index in [1.54, 1.807) is 53.7 Å². The van der Waals surface area contributed by atoms with Crippen LogP contribution in [-0.4, -0.2) is 169 Å². The zero-order valence-corrected chi connectivity index (χ0v) is 41.6. The number of carbonyl (C=O) groups excluding carboxylic acids is 4. The van der Waals surface area contributed by atoms with E-state index in [9.17, 15) is 29.4 Å². The number of nitrogens with one attached hydrogen (secondary N) is 2. The van der Waals surface area contributed by atoms with Crippen molar-refractivity contribution in [2.45, 2.75) is 185 Å². The molecule has 0 spiro atoms. The minimum Gasteiger partial charge on any atom is -0.465 e. The van der Waals surface area contributed by atoms with Crippen LogP contribution in [0.15, 0.2) is 28.9 Å². The van der Waals surface area contributed by atoms with Gasteiger partial charge in [-0.2, -0.15) is 0 Å². The molecule has 4 aliphatic rings. The maximum Gasteiger partial charge on any atom is 0.509 e. The molecule has 5 heterocycles. The zero-order chi connectivity index (χ0) is 49.8. The minimum absolute atomic E-state index is 0.0186. The van der Waals surface area contributed by atoms with Gasteiger partial charge in [0.1, 0.15) is 23.6 Å². The first-order valence-corrected chi connectivity index (χ1v) is 23.4. The van der Waals surface area contributed by atoms with E-state index in [0.29, 0.717) is 18.7 Å². The number of fused-ring (bicyclic) bond motifs is 1. The zero-order valence-electron chi connectivity index (χ0n) is 41.6. The van der Waals surface area contributed by atoms with Gasteiger partial charge in [-0.3, -0.25) is 19.9 Å². The van der Waals surface area contributed by atoms with E-state index < -0.39 is 114 Å². The highest BCUT2D eigenvalue weighted by atomic mass is 16.8. The van der Waals surface area contributed by atoms with E-state index in [0.717, 1.165) is 0 Å². The van der Waals surface area contributed by atoms with Crippen molar-refractivity contribution in [1.82, 2.24) is 20.7 Å². The molecule has 0 unspecified atom stereocenters. The van der Waals surface area contributed by atoms with E-state index in [1.165, 1.54) is 25.5 Å². The molecular weight excluding hydrogens is 877 g/mol. The number of amides is 2. The molecule has 20 heteroatoms. The number of cyclic esters (lactones) is 1. The van der Waals surface area contributed by atoms with E-state index in [1.807, 2.05) is 58.6 Å². The standard InChI is InChI=1S/C47H76N4O16/c1-15-33-47(10)39(66-44(56)67-47)29(6)51(13)24-25(2)22-45(8,57)38(64-42-36(53)32(50(11)12)21-26(3)60-42)27(4)37(28(5)41(54)62-33)63-35-23-46(9,58-14)40(30(7)61-35)65-43(55)49-48-34(52)19-18-31-17-16-20-59-31/h16-20,25-30,32-33,35-40,42,53,57H,15,21-24H2,1-14H3,(H,48,52)(H,49,55)/b19-18+/t25-,26-,27+,28-,29-,30-,32+,33+,35-,36-,37+,38-,39-,40-,42+,45-,46+,47-/m0/s1. The second-order valence-corrected chi connectivity index (χ2v) is 19.9. The van der Waals surface area contributed by atoms with Gasteiger partial charge in [-0.25, -0.2) is 15.0 Å². The van der Waals surface area contributed by atoms with Crippen molar-refractivity contribution in [2.75, 3.05) is 34.8 Å². The smallest absolute Gasteiger partial charge is 0.465 e. The van der Waals surface area contributed by atoms with Gasteiger partial charge in [-0.05, 0) is 113 Å². The number of furan rings is 1. The highest BCUT2D eigenvalue weighted by Gasteiger charge is 2.58. The lowest BCUT2D eigenvalue weighted by Crippen LogP contribution is -2.61. The number of rotatable bonds is 10. The van der Waals surface area contributed by atoms with Crippen molar-refractivity contribution in [3.05, 3.63) is 30.2 Å². The van der Waals surface area contributed by atoms with Crippen molar-refractivity contribution in [1.29, 1.82) is 0 Å². The number of ether oxygens (including phenoxy) is 9. The number of hydrogen-bond acceptors (Lipinski definition) is 18. The van der Waals surface area contributed by atoms with Crippen LogP contribution in [-0.2, 0) is 52.2 Å². The topological polar surface area (TPSA) is 235 Å². The molecule has 4 aliphatic heterocycles. The molecule has 0 bridgehead atoms. The molecule has 380 valence electrons. The molecule has 2 amide bonds. The number of aliphatic hydroxyl groups excluding tert-OH is 1. The third kappa shape index (κ3) is 12.7. The lowest BCUT2D eigenvalue weighted by molar-refractivity contribution is -0.317. The Morgan fingerprint density at radius 3 is 2.33 bits per heavy atom. The summed E-state index contributed by atoms with van der Waals surface area (Å²) in [5.74, 6) is -3.00. The molecule has 20 nitrogen and oxygen atoms in total. The number of aliphatic hydroxyl groups is 2. The molecule has 4 fully saturated rings. The predicted molar refractivity (Wildman–Crippen MR) is 241 cm³/mol. The van der Waals surface area contributed by atoms with Crippen molar-refractivity contribution < 1.29 is 76.4 Å². The van der Waals surface area contributed by atoms with Crippen molar-refractivity contribution >= 4 is 30.2 Å². The Morgan fingerprint density at radius 1 is 1.00 bits per heavy atom. The fourth-order valence-electron chi connectivity index (χ4n) is 10.4. The summed E-state index contributed by atoms with van der Waals surface area (Å²) in [6.45, 7) is 18.3. The van der Waals surface area contributed by atoms with Crippen LogP contribution in [0, 0.1) is 17.8 Å². The molecule has 67 heavy (non-hydrogen) atoms. The van der Waals surface area contributed by atoms with Gasteiger partial charge in [0, 0.05) is 44.2 Å². The molecule has 0 radical (unpaired) electrons. The fraction of sp³-hybridized carbons (Fsp3) is 0.787. The number of likely N-dealkylation sites (N-methyl/N-ethyl adjacent to an activating group) is 2. The molecule has 0 aromatic carbocycles. The van der Waals surface area contributed by atoms with Gasteiger partial charge in [0.2, 0.25) is 0 Å². The number of methoxy groups -OCH3 is 1. The van der Waals surface area contributed by atoms with Crippen LogP contribution < -0.4 is 10.9 Å². The molecule has 4 saturated heterocycles. The molecule has 5 rings (SSSR count). The van der Waals surface area contributed by atoms with Gasteiger partial charge in [0.25, 0.3) is 5.91 Å². The summed E-state index contributed by atoms with van der Waals surface area (Å²) in [7, 11) is 7.09. The number of nitrogens with zero attached hydrogens (tertiary/aromatic N) is 2. The summed E-state index contributed by atoms with van der Waals surface area (Å²) in [5, 5.41) is 24.5. The Bertz CT molecular complexity index is 1850. The van der Waals surface area contributed by atoms with E-state index >= 15 is 0 Å². The van der Waals surface area contributed by atoms with Crippen molar-refractivity contribution in [3.8, 4) is 0 Å². The highest BCUT2D eigenvalue weighted by molar-refractivity contribution is 5.92. The number of hydrazine groups is 1. The van der Waals surface area contributed by atoms with E-state index in [4.69, 9.17) is 47.0 Å². The SMILES string of the molecule is CC[C@H]1OC(=O)[C@@H](C)[C@H](O[C@H]2C[C@@](C)(OC)[C@@H](OC(=O)NNC(=O)/C=C/c3ccco3)[C@H](C)O2)[C@@H](C)[C@H](O[C@H]2O[C@@H](C)C[C@@H](N(C)C)[C@@H]2O)[C@@](C)(O)C[C@H](C)CN(C)[C@@H](C)[C@@H]2OC(=O)O[C@@]12C. The highest BCUT2D eigenvalue weighted by Crippen LogP contribution is 2.42. The Kier molecular flexibility index (Phi) is 18.0. The van der Waals surface area contributed by atoms with Crippen LogP contribution in [0.1, 0.15) is 101 Å². The average molecular weight is 953 g/mol. The van der Waals surface area contributed by atoms with Gasteiger partial charge >= 0.3 is 18.2 Å². The first kappa shape index (κ1) is 54.1. The molecule has 18 atom stereocenters. The summed E-state index contributed by atoms with van der Waals surface area (Å²) in [4.78, 5) is 56.9. The number of esters is 1. The monoisotopic (exact) mass is 953 g/mol. The van der Waals surface area contributed by atoms with Crippen LogP contribution in [0.25, 0.3) is 6.08 Å². The molecule has 1 aromatic rings. The van der Waals surface area contributed by atoms with Crippen LogP contribution in [0.4, 0.5) is 9.59 Å². The maximum atomic E-state index is 14.7. The molecule has 0 saturated carbocycles. The van der Waals surface area contributed by atoms with Crippen LogP contribution >= 0.6 is 0 Å². The number of hydrogen-bond donors (Lipinski definition) is 4. The summed E-state index contributed by atoms with van der Waals surface area (Å²) in [5.41, 5.74) is 0.256. The van der Waals surface area contributed by atoms with Gasteiger partial charge in [0.15, 0.2) is 30.4 Å². The Morgan fingerprint density at radius 2 is 1.70 bits per heavy atom. The Hall–Kier alpha value is -3.86. The molecular formula is C47H76N4O16. The van der Waals surface area contributed by atoms with Gasteiger partial charge < -0.3 is 62.2 Å². The molecule has 4 N–H and O–H groups in total. The minimum atomic E-state index is -1.63. The number of carbonyl (C=O) groups is 4. The lowest BCUT2D eigenvalue weighted by atomic mass is 9.77. The van der Waals surface area contributed by atoms with Crippen LogP contribution in [0.2, 0.25) is 0 Å². The van der Waals surface area contributed by atoms with Gasteiger partial charge in [0.05, 0.1) is 42.2 Å². The quantitative estimate of drug-likeness (QED) is 0.112. The molecule has 1 aromatic heterocycles. The average Bonchev–Trinajstić information content (AvgIpc) is 3.90. The van der Waals surface area contributed by atoms with Crippen LogP contribution in [0.5, 0.6) is 0 Å². The normalized spacial score (nSPS) is 41.6. The predicted octanol–water partition coefficient (Wildman–Crippen LogP) is 4.15. The second-order valence-electron chi connectivity index (χ2n) is 19.9. The first-order chi connectivity index (χ1) is 31.3. The second kappa shape index (κ2) is 22.3. The summed E-state index contributed by atoms with van der Waals surface area (Å²) in [6, 6.07) is 2.61. The fourth-order valence-corrected chi connectivity index (χ4v) is 10.4. The summed E-state index contributed by atoms with van der Waals surface area (Å²) >= 11 is 0. The maximum absolute atomic E-state index is 14.7. The van der Waals surface area contributed by atoms with Gasteiger partial charge in [-0.15, -0.1) is 0 Å². The Labute approximate surface area is 394 Å². The Balaban J connectivity index is 1.48.